The van der Waals surface area contributed by atoms with Crippen LogP contribution in [0.25, 0.3) is 0 Å². The Morgan fingerprint density at radius 3 is 2.55 bits per heavy atom. The third kappa shape index (κ3) is 3.38. The van der Waals surface area contributed by atoms with Crippen LogP contribution in [-0.4, -0.2) is 13.3 Å². The lowest BCUT2D eigenvalue weighted by atomic mass is 9.98. The van der Waals surface area contributed by atoms with Crippen molar-refractivity contribution in [2.75, 3.05) is 13.3 Å². The highest BCUT2D eigenvalue weighted by Crippen LogP contribution is 2.28. The third-order valence-corrected chi connectivity index (χ3v) is 4.11. The molecule has 20 heavy (non-hydrogen) atoms. The van der Waals surface area contributed by atoms with Gasteiger partial charge in [-0.25, -0.2) is 8.78 Å². The Bertz CT molecular complexity index is 586. The predicted molar refractivity (Wildman–Crippen MR) is 80.1 cm³/mol. The van der Waals surface area contributed by atoms with Gasteiger partial charge < -0.3 is 5.32 Å². The second kappa shape index (κ2) is 6.86. The van der Waals surface area contributed by atoms with Gasteiger partial charge in [-0.15, -0.1) is 11.8 Å². The summed E-state index contributed by atoms with van der Waals surface area (Å²) in [6, 6.07) is 11.8. The van der Waals surface area contributed by atoms with Crippen molar-refractivity contribution < 1.29 is 8.78 Å². The zero-order chi connectivity index (χ0) is 14.5. The van der Waals surface area contributed by atoms with Crippen molar-refractivity contribution in [3.05, 3.63) is 65.2 Å². The smallest absolute Gasteiger partial charge is 0.129 e. The average molecular weight is 293 g/mol. The van der Waals surface area contributed by atoms with E-state index >= 15 is 0 Å². The summed E-state index contributed by atoms with van der Waals surface area (Å²) >= 11 is 1.66. The summed E-state index contributed by atoms with van der Waals surface area (Å²) in [5.41, 5.74) is 1.65. The molecule has 0 heterocycles. The first-order chi connectivity index (χ1) is 9.65. The van der Waals surface area contributed by atoms with E-state index in [1.165, 1.54) is 12.1 Å². The van der Waals surface area contributed by atoms with Crippen molar-refractivity contribution in [2.24, 2.45) is 0 Å². The Balaban J connectivity index is 2.29. The number of hydrogen-bond donors (Lipinski definition) is 1. The number of benzene rings is 2. The fraction of sp³-hybridized carbons (Fsp3) is 0.250. The SMILES string of the molecule is CNC(Cc1ccc(F)cc1F)c1ccccc1SC. The number of likely N-dealkylation sites (N-methyl/N-ethyl adjacent to an activating group) is 1. The van der Waals surface area contributed by atoms with Crippen LogP contribution in [-0.2, 0) is 6.42 Å². The number of thioether (sulfide) groups is 1. The molecule has 0 aromatic heterocycles. The summed E-state index contributed by atoms with van der Waals surface area (Å²) in [5.74, 6) is -1.04. The lowest BCUT2D eigenvalue weighted by Gasteiger charge is -2.19. The summed E-state index contributed by atoms with van der Waals surface area (Å²) in [6.07, 6.45) is 2.50. The van der Waals surface area contributed by atoms with Gasteiger partial charge in [-0.2, -0.15) is 0 Å². The molecule has 2 rings (SSSR count). The van der Waals surface area contributed by atoms with Crippen LogP contribution in [0.1, 0.15) is 17.2 Å². The number of halogens is 2. The summed E-state index contributed by atoms with van der Waals surface area (Å²) in [4.78, 5) is 1.16. The van der Waals surface area contributed by atoms with Crippen LogP contribution < -0.4 is 5.32 Å². The van der Waals surface area contributed by atoms with E-state index in [4.69, 9.17) is 0 Å². The Kier molecular flexibility index (Phi) is 5.15. The highest BCUT2D eigenvalue weighted by molar-refractivity contribution is 7.98. The molecule has 1 N–H and O–H groups in total. The van der Waals surface area contributed by atoms with Gasteiger partial charge in [-0.3, -0.25) is 0 Å². The first-order valence-corrected chi connectivity index (χ1v) is 7.62. The van der Waals surface area contributed by atoms with Crippen molar-refractivity contribution in [3.8, 4) is 0 Å². The quantitative estimate of drug-likeness (QED) is 0.830. The zero-order valence-electron chi connectivity index (χ0n) is 11.5. The molecule has 106 valence electrons. The monoisotopic (exact) mass is 293 g/mol. The van der Waals surface area contributed by atoms with E-state index < -0.39 is 11.6 Å². The fourth-order valence-electron chi connectivity index (χ4n) is 2.23. The van der Waals surface area contributed by atoms with E-state index in [1.54, 1.807) is 11.8 Å². The van der Waals surface area contributed by atoms with Crippen molar-refractivity contribution in [1.29, 1.82) is 0 Å². The molecule has 0 aliphatic heterocycles. The minimum absolute atomic E-state index is 0.00129. The number of rotatable bonds is 5. The molecular formula is C16H17F2NS. The van der Waals surface area contributed by atoms with E-state index in [-0.39, 0.29) is 6.04 Å². The molecular weight excluding hydrogens is 276 g/mol. The van der Waals surface area contributed by atoms with Crippen molar-refractivity contribution in [3.63, 3.8) is 0 Å². The Morgan fingerprint density at radius 2 is 1.90 bits per heavy atom. The summed E-state index contributed by atoms with van der Waals surface area (Å²) in [7, 11) is 1.85. The normalized spacial score (nSPS) is 12.4. The van der Waals surface area contributed by atoms with Gasteiger partial charge in [-0.1, -0.05) is 24.3 Å². The first kappa shape index (κ1) is 15.0. The van der Waals surface area contributed by atoms with Crippen molar-refractivity contribution >= 4 is 11.8 Å². The molecule has 0 amide bonds. The zero-order valence-corrected chi connectivity index (χ0v) is 12.3. The first-order valence-electron chi connectivity index (χ1n) is 6.39. The van der Waals surface area contributed by atoms with Gasteiger partial charge in [0.05, 0.1) is 0 Å². The van der Waals surface area contributed by atoms with Crippen LogP contribution in [0.5, 0.6) is 0 Å². The van der Waals surface area contributed by atoms with Crippen LogP contribution in [0.3, 0.4) is 0 Å². The molecule has 4 heteroatoms. The van der Waals surface area contributed by atoms with E-state index in [0.29, 0.717) is 12.0 Å². The molecule has 0 aliphatic rings. The minimum atomic E-state index is -0.545. The lowest BCUT2D eigenvalue weighted by Crippen LogP contribution is -2.20. The standard InChI is InChI=1S/C16H17F2NS/c1-19-15(13-5-3-4-6-16(13)20-2)9-11-7-8-12(17)10-14(11)18/h3-8,10,15,19H,9H2,1-2H3. The number of nitrogens with one attached hydrogen (secondary N) is 1. The van der Waals surface area contributed by atoms with Crippen LogP contribution in [0.4, 0.5) is 8.78 Å². The molecule has 0 radical (unpaired) electrons. The van der Waals surface area contributed by atoms with Crippen molar-refractivity contribution in [2.45, 2.75) is 17.4 Å². The molecule has 0 saturated carbocycles. The van der Waals surface area contributed by atoms with Crippen LogP contribution >= 0.6 is 11.8 Å². The Morgan fingerprint density at radius 1 is 1.15 bits per heavy atom. The second-order valence-electron chi connectivity index (χ2n) is 4.52. The molecule has 1 atom stereocenters. The van der Waals surface area contributed by atoms with Gasteiger partial charge in [0.1, 0.15) is 11.6 Å². The maximum atomic E-state index is 13.8. The second-order valence-corrected chi connectivity index (χ2v) is 5.37. The molecule has 1 unspecified atom stereocenters. The van der Waals surface area contributed by atoms with Gasteiger partial charge in [0.15, 0.2) is 0 Å². The summed E-state index contributed by atoms with van der Waals surface area (Å²) in [5, 5.41) is 3.21. The van der Waals surface area contributed by atoms with Gasteiger partial charge in [0, 0.05) is 17.0 Å². The highest BCUT2D eigenvalue weighted by atomic mass is 32.2. The molecule has 0 fully saturated rings. The molecule has 0 aliphatic carbocycles. The van der Waals surface area contributed by atoms with Gasteiger partial charge >= 0.3 is 0 Å². The van der Waals surface area contributed by atoms with E-state index in [1.807, 2.05) is 37.6 Å². The molecule has 2 aromatic carbocycles. The Labute approximate surface area is 122 Å². The van der Waals surface area contributed by atoms with Crippen LogP contribution in [0.15, 0.2) is 47.4 Å². The molecule has 0 spiro atoms. The molecule has 0 bridgehead atoms. The van der Waals surface area contributed by atoms with Gasteiger partial charge in [0.25, 0.3) is 0 Å². The van der Waals surface area contributed by atoms with Gasteiger partial charge in [-0.05, 0) is 43.0 Å². The average Bonchev–Trinajstić information content (AvgIpc) is 2.46. The summed E-state index contributed by atoms with van der Waals surface area (Å²) in [6.45, 7) is 0. The third-order valence-electron chi connectivity index (χ3n) is 3.30. The molecule has 0 saturated heterocycles. The van der Waals surface area contributed by atoms with E-state index in [2.05, 4.69) is 5.32 Å². The maximum Gasteiger partial charge on any atom is 0.129 e. The van der Waals surface area contributed by atoms with Crippen LogP contribution in [0, 0.1) is 11.6 Å². The fourth-order valence-corrected chi connectivity index (χ4v) is 2.89. The largest absolute Gasteiger partial charge is 0.313 e. The Hall–Kier alpha value is -1.39. The highest BCUT2D eigenvalue weighted by Gasteiger charge is 2.16. The van der Waals surface area contributed by atoms with Gasteiger partial charge in [0.2, 0.25) is 0 Å². The lowest BCUT2D eigenvalue weighted by molar-refractivity contribution is 0.537. The summed E-state index contributed by atoms with van der Waals surface area (Å²) < 4.78 is 26.7. The minimum Gasteiger partial charge on any atom is -0.313 e. The van der Waals surface area contributed by atoms with E-state index in [0.717, 1.165) is 16.5 Å². The molecule has 1 nitrogen and oxygen atoms in total. The van der Waals surface area contributed by atoms with E-state index in [9.17, 15) is 8.78 Å². The molecule has 2 aromatic rings. The van der Waals surface area contributed by atoms with Crippen molar-refractivity contribution in [1.82, 2.24) is 5.32 Å². The predicted octanol–water partition coefficient (Wildman–Crippen LogP) is 4.19. The van der Waals surface area contributed by atoms with Crippen LogP contribution in [0.2, 0.25) is 0 Å². The maximum absolute atomic E-state index is 13.8. The number of hydrogen-bond acceptors (Lipinski definition) is 2. The topological polar surface area (TPSA) is 12.0 Å².